The van der Waals surface area contributed by atoms with Crippen molar-refractivity contribution in [3.8, 4) is 0 Å². The quantitative estimate of drug-likeness (QED) is 0.506. The van der Waals surface area contributed by atoms with Crippen LogP contribution in [0.1, 0.15) is 6.42 Å². The van der Waals surface area contributed by atoms with E-state index in [4.69, 9.17) is 10.2 Å². The van der Waals surface area contributed by atoms with Gasteiger partial charge >= 0.3 is 5.97 Å². The second-order valence-electron chi connectivity index (χ2n) is 3.81. The van der Waals surface area contributed by atoms with Crippen molar-refractivity contribution in [2.45, 2.75) is 12.5 Å². The van der Waals surface area contributed by atoms with E-state index < -0.39 is 27.9 Å². The van der Waals surface area contributed by atoms with Crippen molar-refractivity contribution >= 4 is 21.9 Å². The normalized spacial score (nSPS) is 22.2. The van der Waals surface area contributed by atoms with Gasteiger partial charge in [0.15, 0.2) is 0 Å². The lowest BCUT2D eigenvalue weighted by Crippen LogP contribution is -2.56. The lowest BCUT2D eigenvalue weighted by molar-refractivity contribution is -0.143. The fourth-order valence-corrected chi connectivity index (χ4v) is 2.15. The number of nitrogens with one attached hydrogen (secondary N) is 1. The first-order valence-corrected chi connectivity index (χ1v) is 6.75. The fraction of sp³-hybridized carbons (Fsp3) is 0.750. The third-order valence-corrected chi connectivity index (χ3v) is 3.22. The minimum absolute atomic E-state index is 0.0597. The third-order valence-electron chi connectivity index (χ3n) is 2.47. The molecule has 8 nitrogen and oxygen atoms in total. The number of carbonyl (C=O) groups excluding carboxylic acids is 1. The molecule has 0 aliphatic carbocycles. The first kappa shape index (κ1) is 13.9. The van der Waals surface area contributed by atoms with Crippen LogP contribution in [-0.4, -0.2) is 61.7 Å². The molecule has 98 valence electrons. The van der Waals surface area contributed by atoms with Gasteiger partial charge in [0.2, 0.25) is 15.9 Å². The first-order chi connectivity index (χ1) is 7.79. The van der Waals surface area contributed by atoms with Gasteiger partial charge < -0.3 is 10.4 Å². The Balaban J connectivity index is 2.65. The van der Waals surface area contributed by atoms with Gasteiger partial charge in [0, 0.05) is 19.6 Å². The summed E-state index contributed by atoms with van der Waals surface area (Å²) in [5.74, 6) is -1.79. The van der Waals surface area contributed by atoms with Crippen LogP contribution in [-0.2, 0) is 19.6 Å². The first-order valence-electron chi connectivity index (χ1n) is 5.03. The second kappa shape index (κ2) is 5.43. The molecule has 9 heteroatoms. The Kier molecular flexibility index (Phi) is 4.43. The summed E-state index contributed by atoms with van der Waals surface area (Å²) in [5.41, 5.74) is 0. The highest BCUT2D eigenvalue weighted by atomic mass is 32.2. The highest BCUT2D eigenvalue weighted by molar-refractivity contribution is 7.89. The van der Waals surface area contributed by atoms with Gasteiger partial charge in [-0.05, 0) is 0 Å². The molecule has 0 bridgehead atoms. The molecule has 1 heterocycles. The number of piperazine rings is 1. The summed E-state index contributed by atoms with van der Waals surface area (Å²) in [7, 11) is -3.61. The van der Waals surface area contributed by atoms with Gasteiger partial charge in [-0.25, -0.2) is 13.6 Å². The van der Waals surface area contributed by atoms with Gasteiger partial charge in [-0.15, -0.1) is 0 Å². The molecular weight excluding hydrogens is 250 g/mol. The molecule has 1 unspecified atom stereocenters. The Labute approximate surface area is 98.8 Å². The van der Waals surface area contributed by atoms with E-state index in [9.17, 15) is 18.0 Å². The lowest BCUT2D eigenvalue weighted by Gasteiger charge is -2.33. The SMILES string of the molecule is NS(=O)(=O)CCN1CCNC(=O)C1CC(=O)O. The van der Waals surface area contributed by atoms with Crippen molar-refractivity contribution in [2.75, 3.05) is 25.4 Å². The van der Waals surface area contributed by atoms with Gasteiger partial charge in [0.05, 0.1) is 18.2 Å². The van der Waals surface area contributed by atoms with Crippen molar-refractivity contribution in [1.82, 2.24) is 10.2 Å². The molecule has 1 atom stereocenters. The molecule has 1 saturated heterocycles. The monoisotopic (exact) mass is 265 g/mol. The highest BCUT2D eigenvalue weighted by Crippen LogP contribution is 2.08. The Hall–Kier alpha value is -1.19. The number of carboxylic acid groups (broad SMARTS) is 1. The van der Waals surface area contributed by atoms with E-state index in [0.717, 1.165) is 0 Å². The number of primary sulfonamides is 1. The molecule has 0 saturated carbocycles. The molecule has 1 aliphatic rings. The molecule has 0 aromatic carbocycles. The number of hydrogen-bond donors (Lipinski definition) is 3. The van der Waals surface area contributed by atoms with E-state index in [2.05, 4.69) is 5.32 Å². The highest BCUT2D eigenvalue weighted by Gasteiger charge is 2.31. The van der Waals surface area contributed by atoms with Gasteiger partial charge in [0.25, 0.3) is 0 Å². The van der Waals surface area contributed by atoms with Gasteiger partial charge in [-0.3, -0.25) is 14.5 Å². The van der Waals surface area contributed by atoms with Crippen LogP contribution in [0.5, 0.6) is 0 Å². The Bertz CT molecular complexity index is 407. The molecule has 1 aliphatic heterocycles. The average Bonchev–Trinajstić information content (AvgIpc) is 2.17. The van der Waals surface area contributed by atoms with E-state index in [1.54, 1.807) is 0 Å². The van der Waals surface area contributed by atoms with Crippen LogP contribution in [0.25, 0.3) is 0 Å². The van der Waals surface area contributed by atoms with E-state index in [-0.39, 0.29) is 18.7 Å². The Morgan fingerprint density at radius 3 is 2.76 bits per heavy atom. The number of carboxylic acids is 1. The van der Waals surface area contributed by atoms with Gasteiger partial charge in [-0.1, -0.05) is 0 Å². The van der Waals surface area contributed by atoms with Crippen LogP contribution < -0.4 is 10.5 Å². The smallest absolute Gasteiger partial charge is 0.305 e. The molecule has 4 N–H and O–H groups in total. The summed E-state index contributed by atoms with van der Waals surface area (Å²) >= 11 is 0. The summed E-state index contributed by atoms with van der Waals surface area (Å²) in [4.78, 5) is 23.6. The van der Waals surface area contributed by atoms with E-state index >= 15 is 0 Å². The van der Waals surface area contributed by atoms with Crippen LogP contribution in [0.15, 0.2) is 0 Å². The molecule has 1 fully saturated rings. The fourth-order valence-electron chi connectivity index (χ4n) is 1.66. The second-order valence-corrected chi connectivity index (χ2v) is 5.54. The molecule has 0 aromatic heterocycles. The maximum absolute atomic E-state index is 11.5. The van der Waals surface area contributed by atoms with Crippen LogP contribution in [0.3, 0.4) is 0 Å². The number of aliphatic carboxylic acids is 1. The van der Waals surface area contributed by atoms with Crippen molar-refractivity contribution in [1.29, 1.82) is 0 Å². The number of amides is 1. The molecular formula is C8H15N3O5S. The zero-order valence-corrected chi connectivity index (χ0v) is 9.94. The number of sulfonamides is 1. The molecule has 1 rings (SSSR count). The molecule has 1 amide bonds. The van der Waals surface area contributed by atoms with Crippen LogP contribution in [0.2, 0.25) is 0 Å². The minimum Gasteiger partial charge on any atom is -0.481 e. The minimum atomic E-state index is -3.61. The predicted molar refractivity (Wildman–Crippen MR) is 58.6 cm³/mol. The van der Waals surface area contributed by atoms with Crippen molar-refractivity contribution in [3.63, 3.8) is 0 Å². The zero-order valence-electron chi connectivity index (χ0n) is 9.13. The Morgan fingerprint density at radius 1 is 1.59 bits per heavy atom. The average molecular weight is 265 g/mol. The van der Waals surface area contributed by atoms with Crippen molar-refractivity contribution in [3.05, 3.63) is 0 Å². The number of rotatable bonds is 5. The van der Waals surface area contributed by atoms with E-state index in [0.29, 0.717) is 13.1 Å². The van der Waals surface area contributed by atoms with Crippen molar-refractivity contribution in [2.24, 2.45) is 5.14 Å². The van der Waals surface area contributed by atoms with Crippen LogP contribution in [0.4, 0.5) is 0 Å². The zero-order chi connectivity index (χ0) is 13.1. The Morgan fingerprint density at radius 2 is 2.24 bits per heavy atom. The third kappa shape index (κ3) is 4.67. The standard InChI is InChI=1S/C8H15N3O5S/c9-17(15,16)4-3-11-2-1-10-8(14)6(11)5-7(12)13/h6H,1-5H2,(H,10,14)(H,12,13)(H2,9,15,16). The molecule has 0 radical (unpaired) electrons. The largest absolute Gasteiger partial charge is 0.481 e. The van der Waals surface area contributed by atoms with E-state index in [1.807, 2.05) is 0 Å². The number of hydrogen-bond acceptors (Lipinski definition) is 5. The number of nitrogens with two attached hydrogens (primary N) is 1. The topological polar surface area (TPSA) is 130 Å². The molecule has 0 aromatic rings. The van der Waals surface area contributed by atoms with Gasteiger partial charge in [-0.2, -0.15) is 0 Å². The summed E-state index contributed by atoms with van der Waals surface area (Å²) in [6, 6.07) is -0.831. The predicted octanol–water partition coefficient (Wildman–Crippen LogP) is -2.45. The summed E-state index contributed by atoms with van der Waals surface area (Å²) < 4.78 is 21.6. The van der Waals surface area contributed by atoms with Crippen LogP contribution in [0, 0.1) is 0 Å². The molecule has 17 heavy (non-hydrogen) atoms. The summed E-state index contributed by atoms with van der Waals surface area (Å²) in [5, 5.41) is 16.1. The lowest BCUT2D eigenvalue weighted by atomic mass is 10.1. The maximum Gasteiger partial charge on any atom is 0.305 e. The number of carbonyl (C=O) groups is 2. The summed E-state index contributed by atoms with van der Waals surface area (Å²) in [6.07, 6.45) is -0.351. The number of nitrogens with zero attached hydrogens (tertiary/aromatic N) is 1. The van der Waals surface area contributed by atoms with Crippen LogP contribution >= 0.6 is 0 Å². The van der Waals surface area contributed by atoms with E-state index in [1.165, 1.54) is 4.90 Å². The maximum atomic E-state index is 11.5. The molecule has 0 spiro atoms. The summed E-state index contributed by atoms with van der Waals surface area (Å²) in [6.45, 7) is 0.850. The van der Waals surface area contributed by atoms with Crippen molar-refractivity contribution < 1.29 is 23.1 Å². The van der Waals surface area contributed by atoms with Gasteiger partial charge in [0.1, 0.15) is 0 Å².